The highest BCUT2D eigenvalue weighted by molar-refractivity contribution is 5.61. The van der Waals surface area contributed by atoms with Gasteiger partial charge in [-0.15, -0.1) is 6.58 Å². The first-order valence-corrected chi connectivity index (χ1v) is 11.3. The number of hydrogen-bond acceptors (Lipinski definition) is 2. The number of hydrogen-bond donors (Lipinski definition) is 1. The first kappa shape index (κ1) is 27.2. The molecule has 174 valence electrons. The number of allylic oxidation sites excluding steroid dienone is 4. The van der Waals surface area contributed by atoms with E-state index >= 15 is 0 Å². The zero-order valence-corrected chi connectivity index (χ0v) is 19.7. The van der Waals surface area contributed by atoms with Gasteiger partial charge in [-0.25, -0.2) is 4.98 Å². The van der Waals surface area contributed by atoms with Crippen LogP contribution < -0.4 is 5.32 Å². The highest BCUT2D eigenvalue weighted by atomic mass is 15.0. The maximum Gasteiger partial charge on any atom is 0.126 e. The van der Waals surface area contributed by atoms with Gasteiger partial charge in [0.1, 0.15) is 5.82 Å². The molecule has 0 saturated heterocycles. The molecule has 0 fully saturated rings. The molecule has 0 bridgehead atoms. The van der Waals surface area contributed by atoms with E-state index in [1.54, 1.807) is 0 Å². The Kier molecular flexibility index (Phi) is 12.1. The molecule has 1 aromatic heterocycles. The third-order valence-corrected chi connectivity index (χ3v) is 5.29. The van der Waals surface area contributed by atoms with E-state index < -0.39 is 0 Å². The van der Waals surface area contributed by atoms with Gasteiger partial charge in [0, 0.05) is 7.62 Å². The van der Waals surface area contributed by atoms with Gasteiger partial charge in [0.25, 0.3) is 0 Å². The van der Waals surface area contributed by atoms with E-state index in [2.05, 4.69) is 92.8 Å². The molecule has 0 amide bonds. The lowest BCUT2D eigenvalue weighted by Gasteiger charge is -2.25. The fourth-order valence-corrected chi connectivity index (χ4v) is 3.39. The summed E-state index contributed by atoms with van der Waals surface area (Å²) >= 11 is 0. The molecule has 0 aliphatic heterocycles. The molecule has 1 aliphatic rings. The Morgan fingerprint density at radius 3 is 2.28 bits per heavy atom. The molecular weight excluding hydrogens is 388 g/mol. The molecule has 0 spiro atoms. The van der Waals surface area contributed by atoms with Gasteiger partial charge in [-0.2, -0.15) is 0 Å². The SMILES string of the molecule is C.C=C(C)CCc1ccccc1.C=C(C)c1ccc(NC(C2=CCCC=C2)C(C)C)nc1.[HH]. The minimum absolute atomic E-state index is 0. The van der Waals surface area contributed by atoms with Gasteiger partial charge in [-0.05, 0) is 79.9 Å². The van der Waals surface area contributed by atoms with Crippen LogP contribution in [0, 0.1) is 5.92 Å². The van der Waals surface area contributed by atoms with E-state index in [-0.39, 0.29) is 8.85 Å². The smallest absolute Gasteiger partial charge is 0.126 e. The molecule has 2 nitrogen and oxygen atoms in total. The number of anilines is 1. The Labute approximate surface area is 198 Å². The van der Waals surface area contributed by atoms with Crippen LogP contribution in [0.5, 0.6) is 0 Å². The molecule has 1 unspecified atom stereocenters. The highest BCUT2D eigenvalue weighted by Gasteiger charge is 2.17. The van der Waals surface area contributed by atoms with Gasteiger partial charge >= 0.3 is 0 Å². The van der Waals surface area contributed by atoms with Gasteiger partial charge in [0.15, 0.2) is 0 Å². The van der Waals surface area contributed by atoms with Gasteiger partial charge in [0.2, 0.25) is 0 Å². The van der Waals surface area contributed by atoms with E-state index in [1.165, 1.54) is 16.7 Å². The topological polar surface area (TPSA) is 24.9 Å². The van der Waals surface area contributed by atoms with Crippen molar-refractivity contribution in [2.75, 3.05) is 5.32 Å². The number of benzene rings is 1. The second-order valence-electron chi connectivity index (χ2n) is 8.71. The van der Waals surface area contributed by atoms with E-state index in [0.29, 0.717) is 12.0 Å². The summed E-state index contributed by atoms with van der Waals surface area (Å²) in [5.74, 6) is 1.44. The van der Waals surface area contributed by atoms with Crippen LogP contribution in [-0.4, -0.2) is 11.0 Å². The second-order valence-corrected chi connectivity index (χ2v) is 8.71. The lowest BCUT2D eigenvalue weighted by atomic mass is 9.92. The number of rotatable bonds is 8. The number of nitrogens with one attached hydrogen (secondary N) is 1. The van der Waals surface area contributed by atoms with E-state index in [9.17, 15) is 0 Å². The monoisotopic (exact) mass is 432 g/mol. The molecule has 0 radical (unpaired) electrons. The summed E-state index contributed by atoms with van der Waals surface area (Å²) in [6, 6.07) is 14.9. The molecule has 1 heterocycles. The largest absolute Gasteiger partial charge is 0.363 e. The summed E-state index contributed by atoms with van der Waals surface area (Å²) in [5, 5.41) is 3.55. The quantitative estimate of drug-likeness (QED) is 0.421. The molecule has 3 rings (SSSR count). The van der Waals surface area contributed by atoms with Crippen molar-refractivity contribution in [2.24, 2.45) is 5.92 Å². The fourth-order valence-electron chi connectivity index (χ4n) is 3.39. The van der Waals surface area contributed by atoms with Crippen LogP contribution in [0.2, 0.25) is 0 Å². The summed E-state index contributed by atoms with van der Waals surface area (Å²) in [5.41, 5.74) is 6.16. The molecular formula is C30H44N2. The lowest BCUT2D eigenvalue weighted by molar-refractivity contribution is 0.581. The summed E-state index contributed by atoms with van der Waals surface area (Å²) in [6.07, 6.45) is 13.2. The number of aromatic nitrogens is 1. The van der Waals surface area contributed by atoms with Crippen molar-refractivity contribution >= 4 is 11.4 Å². The Morgan fingerprint density at radius 1 is 1.06 bits per heavy atom. The number of aryl methyl sites for hydroxylation is 1. The summed E-state index contributed by atoms with van der Waals surface area (Å²) < 4.78 is 0. The predicted molar refractivity (Wildman–Crippen MR) is 146 cm³/mol. The molecule has 1 aliphatic carbocycles. The first-order valence-electron chi connectivity index (χ1n) is 11.3. The standard InChI is InChI=1S/C18H24N2.C11H14.CH4.H2/c1-13(2)16-10-11-17(19-12-16)20-18(14(3)4)15-8-6-5-7-9-15;1-10(2)8-9-11-6-4-3-5-7-11;;/h6,8-12,14,18H,1,5,7H2,2-4H3,(H,19,20);3-7H,1,8-9H2,2H3;1H4;1H. The van der Waals surface area contributed by atoms with Crippen molar-refractivity contribution < 1.29 is 1.43 Å². The van der Waals surface area contributed by atoms with Gasteiger partial charge in [-0.3, -0.25) is 0 Å². The fraction of sp³-hybridized carbons (Fsp3) is 0.367. The normalized spacial score (nSPS) is 13.2. The van der Waals surface area contributed by atoms with E-state index in [1.807, 2.05) is 25.3 Å². The molecule has 2 heteroatoms. The molecule has 1 aromatic carbocycles. The maximum atomic E-state index is 4.49. The Bertz CT molecular complexity index is 893. The first-order chi connectivity index (χ1) is 14.9. The van der Waals surface area contributed by atoms with Crippen molar-refractivity contribution in [3.05, 3.63) is 102 Å². The molecule has 2 aromatic rings. The van der Waals surface area contributed by atoms with Crippen LogP contribution in [0.3, 0.4) is 0 Å². The van der Waals surface area contributed by atoms with Crippen molar-refractivity contribution in [1.29, 1.82) is 0 Å². The summed E-state index contributed by atoms with van der Waals surface area (Å²) in [7, 11) is 0. The highest BCUT2D eigenvalue weighted by Crippen LogP contribution is 2.23. The number of pyridine rings is 1. The molecule has 32 heavy (non-hydrogen) atoms. The van der Waals surface area contributed by atoms with Crippen LogP contribution in [0.4, 0.5) is 5.82 Å². The average Bonchev–Trinajstić information content (AvgIpc) is 2.78. The number of nitrogens with zero attached hydrogens (tertiary/aromatic N) is 1. The Hall–Kier alpha value is -2.87. The zero-order valence-electron chi connectivity index (χ0n) is 19.7. The minimum atomic E-state index is 0. The van der Waals surface area contributed by atoms with Crippen LogP contribution >= 0.6 is 0 Å². The second kappa shape index (κ2) is 14.2. The predicted octanol–water partition coefficient (Wildman–Crippen LogP) is 8.91. The minimum Gasteiger partial charge on any atom is -0.363 e. The van der Waals surface area contributed by atoms with Crippen LogP contribution in [0.1, 0.15) is 66.9 Å². The molecule has 1 N–H and O–H groups in total. The molecule has 1 atom stereocenters. The van der Waals surface area contributed by atoms with Gasteiger partial charge in [0.05, 0.1) is 6.04 Å². The lowest BCUT2D eigenvalue weighted by Crippen LogP contribution is -2.28. The van der Waals surface area contributed by atoms with Crippen molar-refractivity contribution in [1.82, 2.24) is 4.98 Å². The van der Waals surface area contributed by atoms with Crippen molar-refractivity contribution in [3.8, 4) is 0 Å². The van der Waals surface area contributed by atoms with Crippen LogP contribution in [-0.2, 0) is 6.42 Å². The average molecular weight is 433 g/mol. The van der Waals surface area contributed by atoms with E-state index in [0.717, 1.165) is 42.6 Å². The van der Waals surface area contributed by atoms with Gasteiger partial charge < -0.3 is 5.32 Å². The summed E-state index contributed by atoms with van der Waals surface area (Å²) in [6.45, 7) is 16.4. The zero-order chi connectivity index (χ0) is 22.6. The Balaban J connectivity index is 0.000000677. The third-order valence-electron chi connectivity index (χ3n) is 5.29. The van der Waals surface area contributed by atoms with Crippen LogP contribution in [0.15, 0.2) is 91.2 Å². The molecule has 0 saturated carbocycles. The van der Waals surface area contributed by atoms with E-state index in [4.69, 9.17) is 0 Å². The Morgan fingerprint density at radius 2 is 1.78 bits per heavy atom. The van der Waals surface area contributed by atoms with Crippen LogP contribution in [0.25, 0.3) is 5.57 Å². The third kappa shape index (κ3) is 9.51. The summed E-state index contributed by atoms with van der Waals surface area (Å²) in [4.78, 5) is 4.49. The van der Waals surface area contributed by atoms with Gasteiger partial charge in [-0.1, -0.05) is 82.0 Å². The maximum absolute atomic E-state index is 4.49. The van der Waals surface area contributed by atoms with Crippen molar-refractivity contribution in [2.45, 2.75) is 66.8 Å². The van der Waals surface area contributed by atoms with Crippen molar-refractivity contribution in [3.63, 3.8) is 0 Å².